The number of amides is 2. The van der Waals surface area contributed by atoms with E-state index < -0.39 is 21.3 Å². The number of nitrogens with zero attached hydrogens (tertiary/aromatic N) is 1. The Balaban J connectivity index is 1.72. The van der Waals surface area contributed by atoms with Crippen LogP contribution in [-0.4, -0.2) is 37.4 Å². The third kappa shape index (κ3) is 4.92. The van der Waals surface area contributed by atoms with E-state index in [0.29, 0.717) is 16.3 Å². The number of anilines is 1. The molecule has 29 heavy (non-hydrogen) atoms. The Kier molecular flexibility index (Phi) is 6.23. The van der Waals surface area contributed by atoms with Crippen LogP contribution >= 0.6 is 23.4 Å². The van der Waals surface area contributed by atoms with Crippen molar-refractivity contribution in [2.45, 2.75) is 34.4 Å². The molecule has 10 heteroatoms. The number of thioether (sulfide) groups is 1. The molecule has 154 valence electrons. The third-order valence-electron chi connectivity index (χ3n) is 4.76. The molecule has 1 aliphatic heterocycles. The van der Waals surface area contributed by atoms with Gasteiger partial charge in [0.1, 0.15) is 0 Å². The zero-order valence-corrected chi connectivity index (χ0v) is 18.1. The number of fused-ring (bicyclic) bond motifs is 1. The lowest BCUT2D eigenvalue weighted by molar-refractivity contribution is -0.133. The largest absolute Gasteiger partial charge is 0.339 e. The number of primary sulfonamides is 1. The summed E-state index contributed by atoms with van der Waals surface area (Å²) in [4.78, 5) is 27.5. The van der Waals surface area contributed by atoms with Gasteiger partial charge in [-0.05, 0) is 42.8 Å². The normalized spacial score (nSPS) is 17.2. The molecule has 3 rings (SSSR count). The van der Waals surface area contributed by atoms with Crippen molar-refractivity contribution in [2.75, 3.05) is 12.4 Å². The Bertz CT molecular complexity index is 1070. The number of nitrogens with two attached hydrogens (primary N) is 1. The van der Waals surface area contributed by atoms with Gasteiger partial charge in [0.05, 0.1) is 21.9 Å². The van der Waals surface area contributed by atoms with Crippen LogP contribution < -0.4 is 10.5 Å². The average molecular weight is 454 g/mol. The van der Waals surface area contributed by atoms with Gasteiger partial charge in [0.25, 0.3) is 0 Å². The second-order valence-electron chi connectivity index (χ2n) is 6.74. The van der Waals surface area contributed by atoms with E-state index in [2.05, 4.69) is 5.32 Å². The molecule has 0 bridgehead atoms. The third-order valence-corrected chi connectivity index (χ3v) is 7.19. The maximum Gasteiger partial charge on any atom is 0.238 e. The lowest BCUT2D eigenvalue weighted by atomic mass is 10.1. The smallest absolute Gasteiger partial charge is 0.238 e. The van der Waals surface area contributed by atoms with Crippen molar-refractivity contribution in [1.82, 2.24) is 4.90 Å². The number of carbonyl (C=O) groups excluding carboxylic acids is 2. The van der Waals surface area contributed by atoms with Crippen molar-refractivity contribution >= 4 is 50.9 Å². The average Bonchev–Trinajstić information content (AvgIpc) is 2.67. The van der Waals surface area contributed by atoms with Crippen molar-refractivity contribution in [3.05, 3.63) is 53.1 Å². The summed E-state index contributed by atoms with van der Waals surface area (Å²) < 4.78 is 23.1. The number of hydrogen-bond acceptors (Lipinski definition) is 5. The van der Waals surface area contributed by atoms with Crippen LogP contribution in [0.1, 0.15) is 24.9 Å². The van der Waals surface area contributed by atoms with Crippen LogP contribution in [0.5, 0.6) is 0 Å². The molecule has 2 aromatic carbocycles. The number of nitrogens with one attached hydrogen (secondary N) is 1. The van der Waals surface area contributed by atoms with Gasteiger partial charge in [0, 0.05) is 23.4 Å². The molecule has 0 fully saturated rings. The second-order valence-corrected chi connectivity index (χ2v) is 9.98. The summed E-state index contributed by atoms with van der Waals surface area (Å²) in [5.74, 6) is -0.487. The highest BCUT2D eigenvalue weighted by molar-refractivity contribution is 8.01. The number of hydrogen-bond donors (Lipinski definition) is 2. The van der Waals surface area contributed by atoms with Crippen molar-refractivity contribution in [2.24, 2.45) is 5.14 Å². The van der Waals surface area contributed by atoms with Crippen LogP contribution in [0.4, 0.5) is 5.69 Å². The zero-order chi connectivity index (χ0) is 21.3. The predicted octanol–water partition coefficient (Wildman–Crippen LogP) is 3.01. The first-order valence-electron chi connectivity index (χ1n) is 8.72. The molecule has 2 aromatic rings. The van der Waals surface area contributed by atoms with Crippen LogP contribution in [0.25, 0.3) is 0 Å². The molecular formula is C19H20ClN3O4S2. The topological polar surface area (TPSA) is 110 Å². The molecule has 1 aliphatic rings. The van der Waals surface area contributed by atoms with Crippen LogP contribution in [0.2, 0.25) is 5.02 Å². The summed E-state index contributed by atoms with van der Waals surface area (Å²) in [6.07, 6.45) is 0.00822. The molecule has 0 aliphatic carbocycles. The van der Waals surface area contributed by atoms with Crippen molar-refractivity contribution in [3.8, 4) is 0 Å². The van der Waals surface area contributed by atoms with Gasteiger partial charge in [-0.2, -0.15) is 0 Å². The molecule has 1 heterocycles. The van der Waals surface area contributed by atoms with Crippen LogP contribution in [-0.2, 0) is 19.6 Å². The van der Waals surface area contributed by atoms with Crippen molar-refractivity contribution in [1.29, 1.82) is 0 Å². The van der Waals surface area contributed by atoms with E-state index in [1.54, 1.807) is 38.2 Å². The number of sulfonamides is 1. The molecule has 3 N–H and O–H groups in total. The van der Waals surface area contributed by atoms with Gasteiger partial charge in [-0.3, -0.25) is 9.59 Å². The summed E-state index contributed by atoms with van der Waals surface area (Å²) in [5, 5.41) is 7.92. The summed E-state index contributed by atoms with van der Waals surface area (Å²) >= 11 is 7.27. The van der Waals surface area contributed by atoms with E-state index in [0.717, 1.165) is 4.90 Å². The van der Waals surface area contributed by atoms with Gasteiger partial charge in [0.2, 0.25) is 21.8 Å². The molecule has 2 atom stereocenters. The van der Waals surface area contributed by atoms with E-state index in [9.17, 15) is 18.0 Å². The minimum Gasteiger partial charge on any atom is -0.339 e. The molecular weight excluding hydrogens is 434 g/mol. The molecule has 2 amide bonds. The first kappa shape index (κ1) is 21.6. The Hall–Kier alpha value is -2.07. The monoisotopic (exact) mass is 453 g/mol. The molecule has 2 unspecified atom stereocenters. The zero-order valence-electron chi connectivity index (χ0n) is 15.8. The van der Waals surface area contributed by atoms with Crippen molar-refractivity contribution < 1.29 is 18.0 Å². The highest BCUT2D eigenvalue weighted by atomic mass is 35.5. The maximum absolute atomic E-state index is 12.8. The van der Waals surface area contributed by atoms with Crippen LogP contribution in [0.3, 0.4) is 0 Å². The van der Waals surface area contributed by atoms with E-state index in [4.69, 9.17) is 16.7 Å². The van der Waals surface area contributed by atoms with Gasteiger partial charge in [-0.15, -0.1) is 11.8 Å². The fourth-order valence-electron chi connectivity index (χ4n) is 2.95. The standard InChI is InChI=1S/C19H20ClN3O4S2/c1-11(12-4-3-5-14(8-12)29(21,26)27)23(2)18(24)10-17-19(25)22-15-9-13(20)6-7-16(15)28-17/h3-9,11,17H,10H2,1-2H3,(H,22,25)(H2,21,26,27). The van der Waals surface area contributed by atoms with E-state index in [1.807, 2.05) is 6.07 Å². The van der Waals surface area contributed by atoms with Gasteiger partial charge < -0.3 is 10.2 Å². The molecule has 0 saturated heterocycles. The van der Waals surface area contributed by atoms with Crippen LogP contribution in [0, 0.1) is 0 Å². The van der Waals surface area contributed by atoms with E-state index in [1.165, 1.54) is 28.8 Å². The Morgan fingerprint density at radius 3 is 2.72 bits per heavy atom. The Morgan fingerprint density at radius 1 is 1.31 bits per heavy atom. The summed E-state index contributed by atoms with van der Waals surface area (Å²) in [5.41, 5.74) is 1.27. The molecule has 0 aromatic heterocycles. The molecule has 0 saturated carbocycles. The lowest BCUT2D eigenvalue weighted by Gasteiger charge is -2.29. The number of halogens is 1. The van der Waals surface area contributed by atoms with E-state index >= 15 is 0 Å². The quantitative estimate of drug-likeness (QED) is 0.723. The number of rotatable bonds is 5. The Labute approximate surface area is 178 Å². The first-order chi connectivity index (χ1) is 13.6. The molecule has 0 spiro atoms. The van der Waals surface area contributed by atoms with Gasteiger partial charge in [-0.25, -0.2) is 13.6 Å². The Morgan fingerprint density at radius 2 is 2.03 bits per heavy atom. The van der Waals surface area contributed by atoms with Gasteiger partial charge >= 0.3 is 0 Å². The first-order valence-corrected chi connectivity index (χ1v) is 11.5. The van der Waals surface area contributed by atoms with Crippen LogP contribution in [0.15, 0.2) is 52.3 Å². The fourth-order valence-corrected chi connectivity index (χ4v) is 4.77. The summed E-state index contributed by atoms with van der Waals surface area (Å²) in [6.45, 7) is 1.78. The lowest BCUT2D eigenvalue weighted by Crippen LogP contribution is -2.36. The predicted molar refractivity (Wildman–Crippen MR) is 113 cm³/mol. The minimum atomic E-state index is -3.84. The van der Waals surface area contributed by atoms with E-state index in [-0.39, 0.29) is 23.1 Å². The fraction of sp³-hybridized carbons (Fsp3) is 0.263. The highest BCUT2D eigenvalue weighted by Gasteiger charge is 2.31. The maximum atomic E-state index is 12.8. The molecule has 7 nitrogen and oxygen atoms in total. The van der Waals surface area contributed by atoms with Crippen molar-refractivity contribution in [3.63, 3.8) is 0 Å². The second kappa shape index (κ2) is 8.35. The minimum absolute atomic E-state index is 0.00822. The number of benzene rings is 2. The molecule has 0 radical (unpaired) electrons. The van der Waals surface area contributed by atoms with Gasteiger partial charge in [0.15, 0.2) is 0 Å². The summed E-state index contributed by atoms with van der Waals surface area (Å²) in [7, 11) is -2.21. The number of carbonyl (C=O) groups is 2. The highest BCUT2D eigenvalue weighted by Crippen LogP contribution is 2.38. The SMILES string of the molecule is CC(c1cccc(S(N)(=O)=O)c1)N(C)C(=O)CC1Sc2ccc(Cl)cc2NC1=O. The summed E-state index contributed by atoms with van der Waals surface area (Å²) in [6, 6.07) is 11.0. The van der Waals surface area contributed by atoms with Gasteiger partial charge in [-0.1, -0.05) is 23.7 Å².